The minimum Gasteiger partial charge on any atom is -0.441 e. The van der Waals surface area contributed by atoms with E-state index in [-0.39, 0.29) is 30.5 Å². The zero-order chi connectivity index (χ0) is 25.9. The molecule has 1 aliphatic heterocycles. The summed E-state index contributed by atoms with van der Waals surface area (Å²) >= 11 is 0. The first-order chi connectivity index (χ1) is 17.1. The van der Waals surface area contributed by atoms with Gasteiger partial charge in [0.15, 0.2) is 0 Å². The van der Waals surface area contributed by atoms with Crippen LogP contribution in [0.15, 0.2) is 53.8 Å². The monoisotopic (exact) mass is 503 g/mol. The van der Waals surface area contributed by atoms with Crippen LogP contribution in [0.2, 0.25) is 0 Å². The summed E-state index contributed by atoms with van der Waals surface area (Å²) in [5, 5.41) is 10.2. The smallest absolute Gasteiger partial charge is 0.390 e. The normalized spacial score (nSPS) is 15.3. The van der Waals surface area contributed by atoms with Gasteiger partial charge in [0.05, 0.1) is 24.4 Å². The first-order valence-corrected chi connectivity index (χ1v) is 11.4. The highest BCUT2D eigenvalue weighted by molar-refractivity contribution is 5.96. The largest absolute Gasteiger partial charge is 0.441 e. The van der Waals surface area contributed by atoms with Gasteiger partial charge in [-0.05, 0) is 43.7 Å². The van der Waals surface area contributed by atoms with Gasteiger partial charge in [0.25, 0.3) is 5.91 Å². The Morgan fingerprint density at radius 3 is 2.72 bits per heavy atom. The number of hydrogen-bond donors (Lipinski definition) is 2. The third-order valence-corrected chi connectivity index (χ3v) is 5.60. The number of carbonyl (C=O) groups is 1. The van der Waals surface area contributed by atoms with Crippen molar-refractivity contribution in [2.45, 2.75) is 38.9 Å². The molecule has 36 heavy (non-hydrogen) atoms. The Labute approximate surface area is 205 Å². The summed E-state index contributed by atoms with van der Waals surface area (Å²) in [7, 11) is 0. The van der Waals surface area contributed by atoms with Gasteiger partial charge in [-0.2, -0.15) is 13.2 Å². The number of halogens is 4. The van der Waals surface area contributed by atoms with Gasteiger partial charge < -0.3 is 15.4 Å². The Morgan fingerprint density at radius 1 is 1.22 bits per heavy atom. The van der Waals surface area contributed by atoms with Crippen LogP contribution in [0.4, 0.5) is 17.6 Å². The van der Waals surface area contributed by atoms with Crippen molar-refractivity contribution >= 4 is 11.8 Å². The standard InChI is InChI=1S/C25H25F4N5O2/c1-3-30-24(35)19-8-7-16(11-15(19)2)21-14-32-23-20(31-10-9-25(27,28)29)13-22(33-34(21)23)36-18-6-4-5-17(26)12-18/h4-8,11-12,14,20,31H,3,9-10,13H2,1-2H3,(H,30,35). The van der Waals surface area contributed by atoms with E-state index < -0.39 is 24.5 Å². The van der Waals surface area contributed by atoms with Gasteiger partial charge in [0.1, 0.15) is 17.4 Å². The average molecular weight is 504 g/mol. The van der Waals surface area contributed by atoms with E-state index in [0.29, 0.717) is 29.2 Å². The highest BCUT2D eigenvalue weighted by atomic mass is 19.4. The van der Waals surface area contributed by atoms with Gasteiger partial charge in [-0.25, -0.2) is 14.1 Å². The van der Waals surface area contributed by atoms with E-state index in [0.717, 1.165) is 5.56 Å². The third-order valence-electron chi connectivity index (χ3n) is 5.60. The molecule has 0 radical (unpaired) electrons. The van der Waals surface area contributed by atoms with Crippen LogP contribution in [0.5, 0.6) is 5.75 Å². The molecule has 2 N–H and O–H groups in total. The fraction of sp³-hybridized carbons (Fsp3) is 0.320. The second-order valence-electron chi connectivity index (χ2n) is 8.33. The number of rotatable bonds is 7. The molecule has 0 fully saturated rings. The molecule has 3 aromatic rings. The minimum atomic E-state index is -4.30. The van der Waals surface area contributed by atoms with Gasteiger partial charge in [0.2, 0.25) is 5.90 Å². The Bertz CT molecular complexity index is 1290. The van der Waals surface area contributed by atoms with Gasteiger partial charge >= 0.3 is 6.18 Å². The zero-order valence-electron chi connectivity index (χ0n) is 19.7. The molecule has 11 heteroatoms. The van der Waals surface area contributed by atoms with E-state index in [1.54, 1.807) is 24.4 Å². The van der Waals surface area contributed by atoms with Crippen LogP contribution in [0.3, 0.4) is 0 Å². The average Bonchev–Trinajstić information content (AvgIpc) is 3.22. The van der Waals surface area contributed by atoms with Gasteiger partial charge in [-0.1, -0.05) is 12.1 Å². The molecular formula is C25H25F4N5O2. The van der Waals surface area contributed by atoms with Gasteiger partial charge in [0, 0.05) is 36.7 Å². The summed E-state index contributed by atoms with van der Waals surface area (Å²) in [5.74, 6) is 0.150. The Hall–Kier alpha value is -3.73. The van der Waals surface area contributed by atoms with E-state index in [2.05, 4.69) is 20.7 Å². The number of ether oxygens (including phenoxy) is 1. The molecule has 2 heterocycles. The van der Waals surface area contributed by atoms with Crippen molar-refractivity contribution in [3.63, 3.8) is 0 Å². The van der Waals surface area contributed by atoms with Crippen molar-refractivity contribution in [3.05, 3.63) is 71.4 Å². The van der Waals surface area contributed by atoms with E-state index in [9.17, 15) is 22.4 Å². The maximum Gasteiger partial charge on any atom is 0.390 e. The van der Waals surface area contributed by atoms with Crippen LogP contribution >= 0.6 is 0 Å². The molecular weight excluding hydrogens is 478 g/mol. The van der Waals surface area contributed by atoms with Crippen LogP contribution in [0, 0.1) is 12.7 Å². The van der Waals surface area contributed by atoms with Crippen molar-refractivity contribution in [3.8, 4) is 17.0 Å². The Kier molecular flexibility index (Phi) is 7.39. The summed E-state index contributed by atoms with van der Waals surface area (Å²) in [6, 6.07) is 10.2. The van der Waals surface area contributed by atoms with Crippen molar-refractivity contribution in [1.82, 2.24) is 20.3 Å². The predicted octanol–water partition coefficient (Wildman–Crippen LogP) is 4.97. The molecule has 0 saturated heterocycles. The third kappa shape index (κ3) is 5.91. The van der Waals surface area contributed by atoms with Crippen molar-refractivity contribution < 1.29 is 27.1 Å². The first kappa shape index (κ1) is 25.4. The fourth-order valence-electron chi connectivity index (χ4n) is 3.93. The van der Waals surface area contributed by atoms with Gasteiger partial charge in [-0.15, -0.1) is 5.10 Å². The summed E-state index contributed by atoms with van der Waals surface area (Å²) in [6.45, 7) is 3.83. The summed E-state index contributed by atoms with van der Waals surface area (Å²) in [4.78, 5) is 16.7. The lowest BCUT2D eigenvalue weighted by molar-refractivity contribution is -0.133. The molecule has 0 bridgehead atoms. The minimum absolute atomic E-state index is 0.125. The summed E-state index contributed by atoms with van der Waals surface area (Å²) in [6.07, 6.45) is -3.61. The fourth-order valence-corrected chi connectivity index (χ4v) is 3.93. The molecule has 4 rings (SSSR count). The molecule has 0 spiro atoms. The number of aryl methyl sites for hydroxylation is 1. The number of amides is 1. The van der Waals surface area contributed by atoms with E-state index in [1.807, 2.05) is 19.9 Å². The number of fused-ring (bicyclic) bond motifs is 1. The second kappa shape index (κ2) is 10.5. The van der Waals surface area contributed by atoms with Crippen molar-refractivity contribution in [1.29, 1.82) is 0 Å². The Morgan fingerprint density at radius 2 is 2.03 bits per heavy atom. The molecule has 0 saturated carbocycles. The van der Waals surface area contributed by atoms with Crippen molar-refractivity contribution in [2.24, 2.45) is 5.10 Å². The number of imidazole rings is 1. The van der Waals surface area contributed by atoms with Crippen LogP contribution < -0.4 is 15.4 Å². The molecule has 1 aliphatic rings. The topological polar surface area (TPSA) is 80.5 Å². The molecule has 1 atom stereocenters. The maximum atomic E-state index is 13.6. The highest BCUT2D eigenvalue weighted by Gasteiger charge is 2.31. The number of alkyl halides is 3. The number of nitrogens with one attached hydrogen (secondary N) is 2. The quantitative estimate of drug-likeness (QED) is 0.446. The lowest BCUT2D eigenvalue weighted by Gasteiger charge is -2.24. The van der Waals surface area contributed by atoms with E-state index >= 15 is 0 Å². The number of aromatic nitrogens is 2. The van der Waals surface area contributed by atoms with Gasteiger partial charge in [-0.3, -0.25) is 4.79 Å². The molecule has 190 valence electrons. The molecule has 7 nitrogen and oxygen atoms in total. The first-order valence-electron chi connectivity index (χ1n) is 11.4. The lowest BCUT2D eigenvalue weighted by Crippen LogP contribution is -2.33. The Balaban J connectivity index is 1.68. The van der Waals surface area contributed by atoms with Crippen LogP contribution in [-0.2, 0) is 0 Å². The lowest BCUT2D eigenvalue weighted by atomic mass is 10.0. The number of nitrogens with zero attached hydrogens (tertiary/aromatic N) is 3. The maximum absolute atomic E-state index is 13.6. The van der Waals surface area contributed by atoms with E-state index in [4.69, 9.17) is 4.74 Å². The second-order valence-corrected chi connectivity index (χ2v) is 8.33. The van der Waals surface area contributed by atoms with Crippen LogP contribution in [0.1, 0.15) is 47.6 Å². The zero-order valence-corrected chi connectivity index (χ0v) is 19.7. The molecule has 1 amide bonds. The van der Waals surface area contributed by atoms with Crippen LogP contribution in [-0.4, -0.2) is 40.7 Å². The predicted molar refractivity (Wildman–Crippen MR) is 126 cm³/mol. The molecule has 2 aromatic carbocycles. The molecule has 1 unspecified atom stereocenters. The van der Waals surface area contributed by atoms with Crippen LogP contribution in [0.25, 0.3) is 11.3 Å². The summed E-state index contributed by atoms with van der Waals surface area (Å²) in [5.41, 5.74) is 2.55. The highest BCUT2D eigenvalue weighted by Crippen LogP contribution is 2.31. The molecule has 0 aliphatic carbocycles. The molecule has 1 aromatic heterocycles. The summed E-state index contributed by atoms with van der Waals surface area (Å²) < 4.78 is 59.1. The number of hydrogen-bond acceptors (Lipinski definition) is 5. The number of carbonyl (C=O) groups excluding carboxylic acids is 1. The van der Waals surface area contributed by atoms with E-state index in [1.165, 1.54) is 22.9 Å². The van der Waals surface area contributed by atoms with Crippen molar-refractivity contribution in [2.75, 3.05) is 13.1 Å². The number of benzene rings is 2. The SMILES string of the molecule is CCNC(=O)c1ccc(-c2cnc3n2N=C(Oc2cccc(F)c2)CC3NCCC(F)(F)F)cc1C.